The third kappa shape index (κ3) is 5.50. The minimum absolute atomic E-state index is 0.110. The maximum atomic E-state index is 13.3. The number of aromatic amines is 1. The van der Waals surface area contributed by atoms with Gasteiger partial charge in [0.05, 0.1) is 19.3 Å². The van der Waals surface area contributed by atoms with Gasteiger partial charge in [0.2, 0.25) is 0 Å². The van der Waals surface area contributed by atoms with Gasteiger partial charge in [-0.25, -0.2) is 9.36 Å². The summed E-state index contributed by atoms with van der Waals surface area (Å²) in [6.45, 7) is 2.51. The number of carbonyl (C=O) groups is 1. The maximum absolute atomic E-state index is 13.3. The molecule has 6 atom stereocenters. The van der Waals surface area contributed by atoms with Crippen LogP contribution in [-0.2, 0) is 37.1 Å². The highest BCUT2D eigenvalue weighted by atomic mass is 35.5. The zero-order valence-electron chi connectivity index (χ0n) is 19.7. The summed E-state index contributed by atoms with van der Waals surface area (Å²) in [6.07, 6.45) is -2.15. The molecule has 2 fully saturated rings. The lowest BCUT2D eigenvalue weighted by Gasteiger charge is -2.33. The van der Waals surface area contributed by atoms with Crippen molar-refractivity contribution in [3.63, 3.8) is 0 Å². The molecule has 1 aromatic carbocycles. The van der Waals surface area contributed by atoms with Gasteiger partial charge in [-0.3, -0.25) is 32.7 Å². The van der Waals surface area contributed by atoms with Crippen molar-refractivity contribution in [1.29, 1.82) is 0 Å². The number of aromatic nitrogens is 2. The Labute approximate surface area is 211 Å². The van der Waals surface area contributed by atoms with Crippen LogP contribution in [0, 0.1) is 0 Å². The predicted molar refractivity (Wildman–Crippen MR) is 126 cm³/mol. The van der Waals surface area contributed by atoms with Crippen molar-refractivity contribution in [2.24, 2.45) is 0 Å². The topological polar surface area (TPSA) is 144 Å². The molecule has 0 amide bonds. The van der Waals surface area contributed by atoms with Crippen LogP contribution in [0.15, 0.2) is 46.1 Å². The van der Waals surface area contributed by atoms with Crippen LogP contribution >= 0.6 is 19.4 Å². The molecule has 12 nitrogen and oxygen atoms in total. The molecule has 2 aliphatic heterocycles. The second-order valence-corrected chi connectivity index (χ2v) is 10.5. The number of hydrogen-bond acceptors (Lipinski definition) is 10. The Bertz CT molecular complexity index is 1280. The van der Waals surface area contributed by atoms with Gasteiger partial charge in [-0.2, -0.15) is 0 Å². The summed E-state index contributed by atoms with van der Waals surface area (Å²) >= 11 is 6.06. The van der Waals surface area contributed by atoms with Crippen molar-refractivity contribution in [2.75, 3.05) is 20.3 Å². The van der Waals surface area contributed by atoms with Gasteiger partial charge in [0, 0.05) is 37.7 Å². The number of hydrogen-bond donors (Lipinski definition) is 1. The average molecular weight is 545 g/mol. The van der Waals surface area contributed by atoms with Crippen LogP contribution in [0.4, 0.5) is 0 Å². The van der Waals surface area contributed by atoms with E-state index in [1.54, 1.807) is 31.2 Å². The lowest BCUT2D eigenvalue weighted by molar-refractivity contribution is -0.166. The second kappa shape index (κ2) is 10.6. The number of methoxy groups -OCH3 is 1. The Hall–Kier alpha value is -2.31. The zero-order chi connectivity index (χ0) is 26.1. The highest BCUT2D eigenvalue weighted by Gasteiger charge is 2.58. The summed E-state index contributed by atoms with van der Waals surface area (Å²) in [5.41, 5.74) is -2.01. The largest absolute Gasteiger partial charge is 0.475 e. The molecule has 3 heterocycles. The van der Waals surface area contributed by atoms with Crippen molar-refractivity contribution in [1.82, 2.24) is 9.55 Å². The first-order chi connectivity index (χ1) is 17.0. The minimum Gasteiger partial charge on any atom is -0.456 e. The quantitative estimate of drug-likeness (QED) is 0.408. The van der Waals surface area contributed by atoms with E-state index in [1.807, 2.05) is 0 Å². The number of benzene rings is 1. The third-order valence-corrected chi connectivity index (χ3v) is 7.75. The van der Waals surface area contributed by atoms with E-state index in [2.05, 4.69) is 4.98 Å². The summed E-state index contributed by atoms with van der Waals surface area (Å²) in [5, 5.41) is 0.504. The Morgan fingerprint density at radius 3 is 2.78 bits per heavy atom. The Morgan fingerprint density at radius 2 is 2.11 bits per heavy atom. The SMILES string of the molecule is CO[C@]1(C)[C@H](OC(C)=O)[C@@H](CO[P@@]2(=O)OCC[C@@H](c3cccc(Cl)c3)O2)O[C@H]1n1ccc(=O)[nH]c1=O. The van der Waals surface area contributed by atoms with Crippen molar-refractivity contribution in [3.8, 4) is 0 Å². The molecule has 0 spiro atoms. The van der Waals surface area contributed by atoms with Gasteiger partial charge >= 0.3 is 19.5 Å². The number of nitrogens with one attached hydrogen (secondary N) is 1. The standard InChI is InChI=1S/C22H26ClN2O10P/c1-13(26)33-19-17(34-20(22(19,2)30-3)25-9-7-18(27)24-21(25)28)12-32-36(29)31-10-8-16(35-36)14-5-4-6-15(23)11-14/h4-7,9,11,16-17,19-20H,8,10,12H2,1-3H3,(H,24,27,28)/t16-,17+,19+,20+,22+,36+/m0/s1. The first-order valence-corrected chi connectivity index (χ1v) is 12.9. The van der Waals surface area contributed by atoms with E-state index in [-0.39, 0.29) is 13.2 Å². The molecule has 2 aromatic rings. The van der Waals surface area contributed by atoms with Gasteiger partial charge in [-0.15, -0.1) is 0 Å². The van der Waals surface area contributed by atoms with E-state index in [1.165, 1.54) is 20.2 Å². The molecule has 196 valence electrons. The van der Waals surface area contributed by atoms with Crippen LogP contribution in [0.5, 0.6) is 0 Å². The number of nitrogens with zero attached hydrogens (tertiary/aromatic N) is 1. The van der Waals surface area contributed by atoms with Gasteiger partial charge in [-0.1, -0.05) is 23.7 Å². The highest BCUT2D eigenvalue weighted by Crippen LogP contribution is 2.57. The summed E-state index contributed by atoms with van der Waals surface area (Å²) in [6, 6.07) is 8.10. The van der Waals surface area contributed by atoms with Crippen LogP contribution < -0.4 is 11.2 Å². The van der Waals surface area contributed by atoms with Crippen molar-refractivity contribution >= 4 is 25.4 Å². The van der Waals surface area contributed by atoms with Gasteiger partial charge in [-0.05, 0) is 24.6 Å². The van der Waals surface area contributed by atoms with Gasteiger partial charge in [0.15, 0.2) is 12.3 Å². The van der Waals surface area contributed by atoms with E-state index < -0.39 is 55.2 Å². The van der Waals surface area contributed by atoms with Crippen LogP contribution in [0.1, 0.15) is 38.2 Å². The number of phosphoric acid groups is 1. The summed E-state index contributed by atoms with van der Waals surface area (Å²) < 4.78 is 48.1. The number of esters is 1. The number of ether oxygens (including phenoxy) is 3. The van der Waals surface area contributed by atoms with Crippen molar-refractivity contribution in [2.45, 2.75) is 50.4 Å². The Morgan fingerprint density at radius 1 is 1.33 bits per heavy atom. The molecule has 0 aliphatic carbocycles. The zero-order valence-corrected chi connectivity index (χ0v) is 21.4. The minimum atomic E-state index is -4.04. The Kier molecular flexibility index (Phi) is 7.86. The smallest absolute Gasteiger partial charge is 0.456 e. The molecular weight excluding hydrogens is 519 g/mol. The van der Waals surface area contributed by atoms with Crippen molar-refractivity contribution < 1.29 is 37.1 Å². The molecule has 1 aromatic heterocycles. The van der Waals surface area contributed by atoms with E-state index in [9.17, 15) is 18.9 Å². The molecular formula is C22H26ClN2O10P. The fourth-order valence-electron chi connectivity index (χ4n) is 4.23. The van der Waals surface area contributed by atoms with E-state index >= 15 is 0 Å². The summed E-state index contributed by atoms with van der Waals surface area (Å²) in [4.78, 5) is 38.0. The molecule has 0 unspecified atom stereocenters. The Balaban J connectivity index is 1.56. The average Bonchev–Trinajstić information content (AvgIpc) is 3.09. The van der Waals surface area contributed by atoms with E-state index in [4.69, 9.17) is 39.4 Å². The third-order valence-electron chi connectivity index (χ3n) is 6.04. The normalized spacial score (nSPS) is 32.3. The fraction of sp³-hybridized carbons (Fsp3) is 0.500. The lowest BCUT2D eigenvalue weighted by Crippen LogP contribution is -2.50. The molecule has 0 saturated carbocycles. The number of rotatable bonds is 7. The van der Waals surface area contributed by atoms with Crippen LogP contribution in [-0.4, -0.2) is 53.7 Å². The highest BCUT2D eigenvalue weighted by molar-refractivity contribution is 7.48. The predicted octanol–water partition coefficient (Wildman–Crippen LogP) is 2.73. The van der Waals surface area contributed by atoms with Gasteiger partial charge in [0.25, 0.3) is 5.56 Å². The number of carbonyl (C=O) groups excluding carboxylic acids is 1. The molecule has 1 N–H and O–H groups in total. The van der Waals surface area contributed by atoms with E-state index in [0.29, 0.717) is 17.0 Å². The lowest BCUT2D eigenvalue weighted by atomic mass is 9.95. The number of phosphoric ester groups is 1. The first kappa shape index (κ1) is 26.7. The molecule has 4 rings (SSSR count). The monoisotopic (exact) mass is 544 g/mol. The number of H-pyrrole nitrogens is 1. The number of halogens is 1. The molecule has 2 saturated heterocycles. The first-order valence-electron chi connectivity index (χ1n) is 11.1. The van der Waals surface area contributed by atoms with E-state index in [0.717, 1.165) is 10.6 Å². The maximum Gasteiger partial charge on any atom is 0.475 e. The summed E-state index contributed by atoms with van der Waals surface area (Å²) in [7, 11) is -2.68. The second-order valence-electron chi connectivity index (χ2n) is 8.48. The molecule has 0 radical (unpaired) electrons. The van der Waals surface area contributed by atoms with Crippen LogP contribution in [0.3, 0.4) is 0 Å². The molecule has 14 heteroatoms. The van der Waals surface area contributed by atoms with Gasteiger partial charge in [0.1, 0.15) is 11.7 Å². The molecule has 2 aliphatic rings. The van der Waals surface area contributed by atoms with Crippen LogP contribution in [0.2, 0.25) is 5.02 Å². The van der Waals surface area contributed by atoms with Gasteiger partial charge < -0.3 is 14.2 Å². The summed E-state index contributed by atoms with van der Waals surface area (Å²) in [5.74, 6) is -0.635. The van der Waals surface area contributed by atoms with Crippen LogP contribution in [0.25, 0.3) is 0 Å². The van der Waals surface area contributed by atoms with Crippen molar-refractivity contribution in [3.05, 3.63) is 68.0 Å². The molecule has 36 heavy (non-hydrogen) atoms. The fourth-order valence-corrected chi connectivity index (χ4v) is 5.82. The molecule has 0 bridgehead atoms.